The number of piperidine rings is 1. The Morgan fingerprint density at radius 1 is 1.09 bits per heavy atom. The van der Waals surface area contributed by atoms with E-state index in [1.54, 1.807) is 38.1 Å². The van der Waals surface area contributed by atoms with Crippen LogP contribution in [0.2, 0.25) is 0 Å². The quantitative estimate of drug-likeness (QED) is 0.676. The molecule has 34 heavy (non-hydrogen) atoms. The van der Waals surface area contributed by atoms with Crippen LogP contribution in [0.25, 0.3) is 0 Å². The second-order valence-electron chi connectivity index (χ2n) is 9.41. The highest BCUT2D eigenvalue weighted by Gasteiger charge is 2.45. The Morgan fingerprint density at radius 3 is 2.47 bits per heavy atom. The maximum atomic E-state index is 13.3. The Labute approximate surface area is 200 Å². The van der Waals surface area contributed by atoms with E-state index in [0.29, 0.717) is 35.8 Å². The number of aryl methyl sites for hydroxylation is 1. The van der Waals surface area contributed by atoms with E-state index in [9.17, 15) is 18.0 Å². The van der Waals surface area contributed by atoms with Crippen molar-refractivity contribution in [2.75, 3.05) is 37.0 Å². The molecule has 2 aliphatic rings. The zero-order valence-corrected chi connectivity index (χ0v) is 20.9. The number of hydrogen-bond acceptors (Lipinski definition) is 5. The van der Waals surface area contributed by atoms with Crippen molar-refractivity contribution in [3.8, 4) is 5.75 Å². The maximum Gasteiger partial charge on any atom is 0.244 e. The smallest absolute Gasteiger partial charge is 0.244 e. The average molecular weight is 486 g/mol. The fraction of sp³-hybridized carbons (Fsp3) is 0.440. The van der Waals surface area contributed by atoms with Gasteiger partial charge in [-0.25, -0.2) is 8.42 Å². The first-order valence-corrected chi connectivity index (χ1v) is 12.9. The fourth-order valence-electron chi connectivity index (χ4n) is 4.64. The Balaban J connectivity index is 1.61. The van der Waals surface area contributed by atoms with Crippen molar-refractivity contribution < 1.29 is 22.7 Å². The van der Waals surface area contributed by atoms with E-state index < -0.39 is 15.4 Å². The second kappa shape index (κ2) is 9.03. The highest BCUT2D eigenvalue weighted by Crippen LogP contribution is 2.43. The van der Waals surface area contributed by atoms with E-state index in [1.807, 2.05) is 13.0 Å². The first kappa shape index (κ1) is 24.2. The number of nitrogens with one attached hydrogen (secondary N) is 1. The van der Waals surface area contributed by atoms with Crippen LogP contribution in [-0.4, -0.2) is 51.3 Å². The van der Waals surface area contributed by atoms with Crippen molar-refractivity contribution in [2.24, 2.45) is 0 Å². The minimum absolute atomic E-state index is 0.185. The van der Waals surface area contributed by atoms with Gasteiger partial charge in [-0.15, -0.1) is 0 Å². The first-order chi connectivity index (χ1) is 16.1. The SMILES string of the molecule is COc1ccc(C)cc1NC(=O)CN1C(=O)C(C)(C)c2cc(S(=O)(=O)N3CCCCC3)ccc21. The lowest BCUT2D eigenvalue weighted by Gasteiger charge is -2.26. The molecule has 0 spiro atoms. The average Bonchev–Trinajstić information content (AvgIpc) is 3.00. The van der Waals surface area contributed by atoms with Gasteiger partial charge in [-0.05, 0) is 75.1 Å². The minimum Gasteiger partial charge on any atom is -0.495 e. The number of fused-ring (bicyclic) bond motifs is 1. The zero-order valence-electron chi connectivity index (χ0n) is 20.1. The molecule has 0 aromatic heterocycles. The van der Waals surface area contributed by atoms with Gasteiger partial charge >= 0.3 is 0 Å². The second-order valence-corrected chi connectivity index (χ2v) is 11.3. The van der Waals surface area contributed by atoms with Crippen molar-refractivity contribution in [1.29, 1.82) is 0 Å². The summed E-state index contributed by atoms with van der Waals surface area (Å²) in [6.07, 6.45) is 2.73. The molecule has 9 heteroatoms. The van der Waals surface area contributed by atoms with Crippen LogP contribution in [-0.2, 0) is 25.0 Å². The van der Waals surface area contributed by atoms with Gasteiger partial charge in [-0.3, -0.25) is 9.59 Å². The van der Waals surface area contributed by atoms with Crippen molar-refractivity contribution in [1.82, 2.24) is 4.31 Å². The van der Waals surface area contributed by atoms with E-state index in [2.05, 4.69) is 5.32 Å². The third kappa shape index (κ3) is 4.30. The van der Waals surface area contributed by atoms with Crippen molar-refractivity contribution >= 4 is 33.2 Å². The molecule has 182 valence electrons. The van der Waals surface area contributed by atoms with Gasteiger partial charge in [0.15, 0.2) is 0 Å². The van der Waals surface area contributed by atoms with Gasteiger partial charge < -0.3 is 15.0 Å². The maximum absolute atomic E-state index is 13.3. The summed E-state index contributed by atoms with van der Waals surface area (Å²) < 4.78 is 33.2. The van der Waals surface area contributed by atoms with Gasteiger partial charge in [0.25, 0.3) is 0 Å². The van der Waals surface area contributed by atoms with Crippen molar-refractivity contribution in [2.45, 2.75) is 50.3 Å². The van der Waals surface area contributed by atoms with E-state index in [1.165, 1.54) is 22.4 Å². The van der Waals surface area contributed by atoms with E-state index in [0.717, 1.165) is 24.8 Å². The number of nitrogens with zero attached hydrogens (tertiary/aromatic N) is 2. The summed E-state index contributed by atoms with van der Waals surface area (Å²) in [4.78, 5) is 27.8. The van der Waals surface area contributed by atoms with Crippen molar-refractivity contribution in [3.05, 3.63) is 47.5 Å². The van der Waals surface area contributed by atoms with Gasteiger partial charge in [0.2, 0.25) is 21.8 Å². The summed E-state index contributed by atoms with van der Waals surface area (Å²) in [5, 5.41) is 2.83. The molecule has 0 saturated carbocycles. The van der Waals surface area contributed by atoms with E-state index in [-0.39, 0.29) is 23.3 Å². The standard InChI is InChI=1S/C25H31N3O5S/c1-17-8-11-22(33-4)20(14-17)26-23(29)16-28-21-10-9-18(15-19(21)25(2,3)24(28)30)34(31,32)27-12-6-5-7-13-27/h8-11,14-15H,5-7,12-13,16H2,1-4H3,(H,26,29). The molecule has 0 unspecified atom stereocenters. The summed E-state index contributed by atoms with van der Waals surface area (Å²) in [7, 11) is -2.11. The molecular weight excluding hydrogens is 454 g/mol. The lowest BCUT2D eigenvalue weighted by atomic mass is 9.86. The Morgan fingerprint density at radius 2 is 1.79 bits per heavy atom. The molecule has 0 aliphatic carbocycles. The molecule has 1 saturated heterocycles. The molecule has 0 atom stereocenters. The number of carbonyl (C=O) groups is 2. The van der Waals surface area contributed by atoms with Gasteiger partial charge in [-0.1, -0.05) is 12.5 Å². The molecule has 2 aliphatic heterocycles. The van der Waals surface area contributed by atoms with Crippen LogP contribution in [0.5, 0.6) is 5.75 Å². The molecule has 0 bridgehead atoms. The Kier molecular flexibility index (Phi) is 6.44. The number of anilines is 2. The van der Waals surface area contributed by atoms with Gasteiger partial charge in [0, 0.05) is 18.8 Å². The molecule has 2 amide bonds. The van der Waals surface area contributed by atoms with Crippen LogP contribution < -0.4 is 15.0 Å². The molecule has 2 heterocycles. The number of rotatable bonds is 6. The molecule has 8 nitrogen and oxygen atoms in total. The molecule has 1 fully saturated rings. The summed E-state index contributed by atoms with van der Waals surface area (Å²) in [5.41, 5.74) is 1.70. The van der Waals surface area contributed by atoms with Crippen LogP contribution in [0.1, 0.15) is 44.2 Å². The summed E-state index contributed by atoms with van der Waals surface area (Å²) in [6.45, 7) is 6.25. The lowest BCUT2D eigenvalue weighted by molar-refractivity contribution is -0.124. The van der Waals surface area contributed by atoms with Crippen LogP contribution in [0.15, 0.2) is 41.3 Å². The van der Waals surface area contributed by atoms with Gasteiger partial charge in [0.1, 0.15) is 12.3 Å². The molecule has 0 radical (unpaired) electrons. The number of hydrogen-bond donors (Lipinski definition) is 1. The highest BCUT2D eigenvalue weighted by atomic mass is 32.2. The topological polar surface area (TPSA) is 96.0 Å². The predicted molar refractivity (Wildman–Crippen MR) is 131 cm³/mol. The van der Waals surface area contributed by atoms with E-state index in [4.69, 9.17) is 4.74 Å². The number of sulfonamides is 1. The van der Waals surface area contributed by atoms with Gasteiger partial charge in [0.05, 0.1) is 23.1 Å². The molecular formula is C25H31N3O5S. The predicted octanol–water partition coefficient (Wildman–Crippen LogP) is 3.44. The molecule has 2 aromatic rings. The fourth-order valence-corrected chi connectivity index (χ4v) is 6.18. The van der Waals surface area contributed by atoms with Gasteiger partial charge in [-0.2, -0.15) is 4.31 Å². The van der Waals surface area contributed by atoms with Crippen molar-refractivity contribution in [3.63, 3.8) is 0 Å². The van der Waals surface area contributed by atoms with Crippen LogP contribution in [0.4, 0.5) is 11.4 Å². The minimum atomic E-state index is -3.63. The first-order valence-electron chi connectivity index (χ1n) is 11.5. The molecule has 2 aromatic carbocycles. The van der Waals surface area contributed by atoms with Crippen LogP contribution in [0, 0.1) is 6.92 Å². The Bertz CT molecular complexity index is 1230. The normalized spacial score (nSPS) is 18.0. The third-order valence-electron chi connectivity index (χ3n) is 6.60. The lowest BCUT2D eigenvalue weighted by Crippen LogP contribution is -2.40. The summed E-state index contributed by atoms with van der Waals surface area (Å²) in [6, 6.07) is 10.2. The number of carbonyl (C=O) groups excluding carboxylic acids is 2. The highest BCUT2D eigenvalue weighted by molar-refractivity contribution is 7.89. The Hall–Kier alpha value is -2.91. The van der Waals surface area contributed by atoms with Crippen LogP contribution >= 0.6 is 0 Å². The monoisotopic (exact) mass is 485 g/mol. The largest absolute Gasteiger partial charge is 0.495 e. The third-order valence-corrected chi connectivity index (χ3v) is 8.49. The number of amides is 2. The summed E-state index contributed by atoms with van der Waals surface area (Å²) >= 11 is 0. The number of methoxy groups -OCH3 is 1. The number of benzene rings is 2. The molecule has 4 rings (SSSR count). The molecule has 1 N–H and O–H groups in total. The summed E-state index contributed by atoms with van der Waals surface area (Å²) in [5.74, 6) is -0.0905. The van der Waals surface area contributed by atoms with E-state index >= 15 is 0 Å². The van der Waals surface area contributed by atoms with Crippen LogP contribution in [0.3, 0.4) is 0 Å². The zero-order chi connectivity index (χ0) is 24.7. The number of ether oxygens (including phenoxy) is 1.